The van der Waals surface area contributed by atoms with Crippen LogP contribution in [-0.2, 0) is 0 Å². The zero-order chi connectivity index (χ0) is 10.1. The number of aromatic nitrogens is 2. The Balaban J connectivity index is 2.16. The number of aryl methyl sites for hydroxylation is 1. The van der Waals surface area contributed by atoms with E-state index in [0.29, 0.717) is 0 Å². The molecule has 0 bridgehead atoms. The molecule has 0 aliphatic carbocycles. The first-order chi connectivity index (χ1) is 6.66. The third-order valence-corrected chi connectivity index (χ3v) is 2.90. The smallest absolute Gasteiger partial charge is 0.196 e. The quantitative estimate of drug-likeness (QED) is 0.696. The van der Waals surface area contributed by atoms with Crippen molar-refractivity contribution in [3.8, 4) is 0 Å². The molecule has 0 saturated carbocycles. The van der Waals surface area contributed by atoms with Crippen molar-refractivity contribution in [2.75, 3.05) is 38.2 Å². The molecule has 0 amide bonds. The molecule has 0 unspecified atom stereocenters. The molecule has 0 atom stereocenters. The van der Waals surface area contributed by atoms with Gasteiger partial charge in [0.05, 0.1) is 0 Å². The Labute approximate surface area is 89.1 Å². The minimum absolute atomic E-state index is 0.798. The molecule has 1 fully saturated rings. The maximum atomic E-state index is 5.24. The minimum atomic E-state index is 0.798. The van der Waals surface area contributed by atoms with E-state index in [2.05, 4.69) is 32.8 Å². The molecule has 4 nitrogen and oxygen atoms in total. The summed E-state index contributed by atoms with van der Waals surface area (Å²) < 4.78 is 2.85. The normalized spacial score (nSPS) is 18.9. The Bertz CT molecular complexity index is 359. The Kier molecular flexibility index (Phi) is 2.60. The van der Waals surface area contributed by atoms with Crippen molar-refractivity contribution in [3.05, 3.63) is 16.7 Å². The molecular formula is C9H16N4S. The van der Waals surface area contributed by atoms with Crippen LogP contribution in [0.25, 0.3) is 0 Å². The molecule has 1 N–H and O–H groups in total. The van der Waals surface area contributed by atoms with Gasteiger partial charge < -0.3 is 14.9 Å². The molecule has 2 rings (SSSR count). The average molecular weight is 212 g/mol. The average Bonchev–Trinajstić information content (AvgIpc) is 2.47. The summed E-state index contributed by atoms with van der Waals surface area (Å²) >= 11 is 5.24. The molecule has 78 valence electrons. The second-order valence-corrected chi connectivity index (χ2v) is 4.23. The van der Waals surface area contributed by atoms with Gasteiger partial charge in [0.1, 0.15) is 0 Å². The highest BCUT2D eigenvalue weighted by atomic mass is 32.1. The number of aromatic amines is 1. The van der Waals surface area contributed by atoms with Gasteiger partial charge in [-0.3, -0.25) is 0 Å². The summed E-state index contributed by atoms with van der Waals surface area (Å²) in [5.74, 6) is 0. The summed E-state index contributed by atoms with van der Waals surface area (Å²) in [6.07, 6.45) is 2.06. The molecule has 1 aromatic heterocycles. The van der Waals surface area contributed by atoms with Crippen molar-refractivity contribution in [1.29, 1.82) is 0 Å². The van der Waals surface area contributed by atoms with E-state index in [-0.39, 0.29) is 0 Å². The molecule has 1 aromatic rings. The van der Waals surface area contributed by atoms with Gasteiger partial charge in [-0.2, -0.15) is 0 Å². The van der Waals surface area contributed by atoms with Crippen LogP contribution in [0.4, 0.5) is 0 Å². The first-order valence-electron chi connectivity index (χ1n) is 4.89. The fourth-order valence-electron chi connectivity index (χ4n) is 1.72. The van der Waals surface area contributed by atoms with Crippen molar-refractivity contribution < 1.29 is 0 Å². The molecule has 0 spiro atoms. The van der Waals surface area contributed by atoms with Crippen molar-refractivity contribution in [2.24, 2.45) is 0 Å². The molecule has 14 heavy (non-hydrogen) atoms. The van der Waals surface area contributed by atoms with Crippen molar-refractivity contribution >= 4 is 12.2 Å². The van der Waals surface area contributed by atoms with Gasteiger partial charge >= 0.3 is 0 Å². The number of likely N-dealkylation sites (N-methyl/N-ethyl adjacent to an activating group) is 1. The van der Waals surface area contributed by atoms with E-state index < -0.39 is 0 Å². The number of piperazine rings is 1. The zero-order valence-corrected chi connectivity index (χ0v) is 9.47. The number of H-pyrrole nitrogens is 1. The van der Waals surface area contributed by atoms with Gasteiger partial charge in [-0.15, -0.1) is 0 Å². The lowest BCUT2D eigenvalue weighted by Crippen LogP contribution is -2.49. The van der Waals surface area contributed by atoms with Crippen LogP contribution in [0.2, 0.25) is 0 Å². The maximum absolute atomic E-state index is 5.24. The van der Waals surface area contributed by atoms with Crippen molar-refractivity contribution in [3.63, 3.8) is 0 Å². The summed E-state index contributed by atoms with van der Waals surface area (Å²) in [4.78, 5) is 5.47. The van der Waals surface area contributed by atoms with Crippen LogP contribution in [0.1, 0.15) is 5.69 Å². The summed E-state index contributed by atoms with van der Waals surface area (Å²) in [6.45, 7) is 6.32. The monoisotopic (exact) mass is 212 g/mol. The number of hydrogen-bond donors (Lipinski definition) is 1. The lowest BCUT2D eigenvalue weighted by Gasteiger charge is -2.34. The third kappa shape index (κ3) is 1.83. The SMILES string of the molecule is Cc1cn(N2CCN(C)CC2)c(=S)[nH]1. The standard InChI is InChI=1S/C9H16N4S/c1-8-7-13(9(14)10-8)12-5-3-11(2)4-6-12/h7H,3-6H2,1-2H3,(H,10,14). The number of rotatable bonds is 1. The predicted molar refractivity (Wildman–Crippen MR) is 59.8 cm³/mol. The highest BCUT2D eigenvalue weighted by Gasteiger charge is 2.14. The summed E-state index contributed by atoms with van der Waals surface area (Å²) in [7, 11) is 2.15. The Hall–Kier alpha value is -0.810. The Morgan fingerprint density at radius 3 is 2.43 bits per heavy atom. The van der Waals surface area contributed by atoms with Gasteiger partial charge in [-0.1, -0.05) is 0 Å². The highest BCUT2D eigenvalue weighted by molar-refractivity contribution is 7.71. The number of imidazole rings is 1. The van der Waals surface area contributed by atoms with E-state index in [0.717, 1.165) is 36.6 Å². The topological polar surface area (TPSA) is 27.2 Å². The summed E-state index contributed by atoms with van der Waals surface area (Å²) in [5, 5.41) is 2.28. The predicted octanol–water partition coefficient (Wildman–Crippen LogP) is 0.738. The largest absolute Gasteiger partial charge is 0.333 e. The van der Waals surface area contributed by atoms with E-state index in [4.69, 9.17) is 12.2 Å². The lowest BCUT2D eigenvalue weighted by molar-refractivity contribution is 0.287. The first-order valence-corrected chi connectivity index (χ1v) is 5.29. The molecule has 2 heterocycles. The minimum Gasteiger partial charge on any atom is -0.333 e. The van der Waals surface area contributed by atoms with Gasteiger partial charge in [-0.05, 0) is 26.2 Å². The van der Waals surface area contributed by atoms with E-state index in [1.165, 1.54) is 0 Å². The Morgan fingerprint density at radius 2 is 1.93 bits per heavy atom. The number of hydrogen-bond acceptors (Lipinski definition) is 3. The molecule has 1 aliphatic rings. The van der Waals surface area contributed by atoms with Gasteiger partial charge in [0, 0.05) is 38.1 Å². The fraction of sp³-hybridized carbons (Fsp3) is 0.667. The van der Waals surface area contributed by atoms with E-state index in [9.17, 15) is 0 Å². The van der Waals surface area contributed by atoms with E-state index in [1.807, 2.05) is 6.92 Å². The number of nitrogens with one attached hydrogen (secondary N) is 1. The van der Waals surface area contributed by atoms with Crippen LogP contribution < -0.4 is 5.01 Å². The van der Waals surface area contributed by atoms with Crippen LogP contribution in [0.3, 0.4) is 0 Å². The van der Waals surface area contributed by atoms with E-state index in [1.54, 1.807) is 0 Å². The highest BCUT2D eigenvalue weighted by Crippen LogP contribution is 2.03. The molecule has 0 radical (unpaired) electrons. The molecule has 1 aliphatic heterocycles. The van der Waals surface area contributed by atoms with Gasteiger partial charge in [0.2, 0.25) is 0 Å². The Morgan fingerprint density at radius 1 is 1.29 bits per heavy atom. The van der Waals surface area contributed by atoms with E-state index >= 15 is 0 Å². The van der Waals surface area contributed by atoms with Crippen LogP contribution in [0.5, 0.6) is 0 Å². The van der Waals surface area contributed by atoms with Gasteiger partial charge in [-0.25, -0.2) is 4.68 Å². The second-order valence-electron chi connectivity index (χ2n) is 3.84. The third-order valence-electron chi connectivity index (χ3n) is 2.61. The van der Waals surface area contributed by atoms with Crippen molar-refractivity contribution in [1.82, 2.24) is 14.6 Å². The van der Waals surface area contributed by atoms with Crippen LogP contribution in [0, 0.1) is 11.7 Å². The molecule has 0 aromatic carbocycles. The molecule has 1 saturated heterocycles. The molecular weight excluding hydrogens is 196 g/mol. The van der Waals surface area contributed by atoms with Gasteiger partial charge in [0.25, 0.3) is 0 Å². The van der Waals surface area contributed by atoms with Gasteiger partial charge in [0.15, 0.2) is 4.77 Å². The first kappa shape index (κ1) is 9.73. The van der Waals surface area contributed by atoms with Crippen LogP contribution in [-0.4, -0.2) is 47.8 Å². The number of nitrogens with zero attached hydrogens (tertiary/aromatic N) is 3. The summed E-state index contributed by atoms with van der Waals surface area (Å²) in [6, 6.07) is 0. The summed E-state index contributed by atoms with van der Waals surface area (Å²) in [5.41, 5.74) is 1.12. The van der Waals surface area contributed by atoms with Crippen LogP contribution in [0.15, 0.2) is 6.20 Å². The fourth-order valence-corrected chi connectivity index (χ4v) is 2.05. The molecule has 5 heteroatoms. The maximum Gasteiger partial charge on any atom is 0.196 e. The van der Waals surface area contributed by atoms with Crippen LogP contribution >= 0.6 is 12.2 Å². The second kappa shape index (κ2) is 3.74. The zero-order valence-electron chi connectivity index (χ0n) is 8.66. The lowest BCUT2D eigenvalue weighted by atomic mass is 10.4. The van der Waals surface area contributed by atoms with Crippen molar-refractivity contribution in [2.45, 2.75) is 6.92 Å².